The van der Waals surface area contributed by atoms with Crippen molar-refractivity contribution in [2.75, 3.05) is 13.1 Å². The third kappa shape index (κ3) is 4.12. The van der Waals surface area contributed by atoms with Gasteiger partial charge in [0.2, 0.25) is 11.8 Å². The predicted octanol–water partition coefficient (Wildman–Crippen LogP) is 2.44. The van der Waals surface area contributed by atoms with Crippen LogP contribution >= 0.6 is 0 Å². The molecular formula is C18H25N3O2. The number of aromatic nitrogens is 1. The van der Waals surface area contributed by atoms with Gasteiger partial charge in [-0.15, -0.1) is 0 Å². The van der Waals surface area contributed by atoms with Crippen molar-refractivity contribution >= 4 is 22.7 Å². The Morgan fingerprint density at radius 3 is 2.65 bits per heavy atom. The fraction of sp³-hybridized carbons (Fsp3) is 0.444. The number of carbonyl (C=O) groups is 2. The Bertz CT molecular complexity index is 718. The molecule has 23 heavy (non-hydrogen) atoms. The van der Waals surface area contributed by atoms with Gasteiger partial charge in [-0.25, -0.2) is 0 Å². The van der Waals surface area contributed by atoms with Crippen molar-refractivity contribution in [3.05, 3.63) is 35.0 Å². The van der Waals surface area contributed by atoms with Gasteiger partial charge in [0.05, 0.1) is 13.0 Å². The lowest BCUT2D eigenvalue weighted by Crippen LogP contribution is -2.39. The summed E-state index contributed by atoms with van der Waals surface area (Å²) in [7, 11) is 0. The average Bonchev–Trinajstić information content (AvgIpc) is 2.79. The molecule has 0 fully saturated rings. The maximum absolute atomic E-state index is 12.6. The highest BCUT2D eigenvalue weighted by molar-refractivity contribution is 5.91. The maximum Gasteiger partial charge on any atom is 0.237 e. The van der Waals surface area contributed by atoms with Crippen LogP contribution in [0.1, 0.15) is 36.6 Å². The molecule has 5 nitrogen and oxygen atoms in total. The number of benzene rings is 1. The number of hydrogen-bond acceptors (Lipinski definition) is 2. The van der Waals surface area contributed by atoms with Crippen LogP contribution in [-0.2, 0) is 16.0 Å². The van der Waals surface area contributed by atoms with E-state index < -0.39 is 5.91 Å². The van der Waals surface area contributed by atoms with Crippen LogP contribution in [0.15, 0.2) is 18.2 Å². The van der Waals surface area contributed by atoms with E-state index >= 15 is 0 Å². The molecule has 0 spiro atoms. The normalized spacial score (nSPS) is 10.9. The smallest absolute Gasteiger partial charge is 0.237 e. The second-order valence-corrected chi connectivity index (χ2v) is 6.09. The molecule has 2 amide bonds. The topological polar surface area (TPSA) is 79.2 Å². The largest absolute Gasteiger partial charge is 0.368 e. The van der Waals surface area contributed by atoms with Crippen molar-refractivity contribution in [2.45, 2.75) is 40.0 Å². The molecule has 1 aromatic carbocycles. The molecule has 0 aliphatic carbocycles. The van der Waals surface area contributed by atoms with Crippen molar-refractivity contribution in [3.63, 3.8) is 0 Å². The fourth-order valence-corrected chi connectivity index (χ4v) is 2.82. The van der Waals surface area contributed by atoms with Crippen LogP contribution in [0.2, 0.25) is 0 Å². The minimum Gasteiger partial charge on any atom is -0.368 e. The molecule has 0 unspecified atom stereocenters. The number of hydrogen-bond donors (Lipinski definition) is 2. The standard InChI is InChI=1S/C18H25N3O2/c1-4-5-8-21(11-17(19)22)18(23)10-14-13(3)20-16-7-6-12(2)9-15(14)16/h6-7,9,20H,4-5,8,10-11H2,1-3H3,(H2,19,22). The number of nitrogens with zero attached hydrogens (tertiary/aromatic N) is 1. The molecule has 0 saturated carbocycles. The van der Waals surface area contributed by atoms with E-state index in [2.05, 4.69) is 18.0 Å². The number of fused-ring (bicyclic) bond motifs is 1. The average molecular weight is 315 g/mol. The summed E-state index contributed by atoms with van der Waals surface area (Å²) in [6, 6.07) is 6.17. The van der Waals surface area contributed by atoms with Gasteiger partial charge in [-0.3, -0.25) is 9.59 Å². The zero-order chi connectivity index (χ0) is 17.0. The Hall–Kier alpha value is -2.30. The Morgan fingerprint density at radius 1 is 1.26 bits per heavy atom. The molecule has 0 atom stereocenters. The van der Waals surface area contributed by atoms with E-state index in [0.717, 1.165) is 40.6 Å². The third-order valence-electron chi connectivity index (χ3n) is 4.08. The first kappa shape index (κ1) is 17.1. The number of primary amides is 1. The Morgan fingerprint density at radius 2 is 2.00 bits per heavy atom. The van der Waals surface area contributed by atoms with Gasteiger partial charge in [0.1, 0.15) is 0 Å². The van der Waals surface area contributed by atoms with E-state index in [-0.39, 0.29) is 18.9 Å². The highest BCUT2D eigenvalue weighted by atomic mass is 16.2. The lowest BCUT2D eigenvalue weighted by molar-refractivity contribution is -0.134. The van der Waals surface area contributed by atoms with E-state index in [0.29, 0.717) is 6.54 Å². The molecule has 1 heterocycles. The van der Waals surface area contributed by atoms with E-state index in [9.17, 15) is 9.59 Å². The molecular weight excluding hydrogens is 290 g/mol. The van der Waals surface area contributed by atoms with Gasteiger partial charge in [-0.05, 0) is 38.0 Å². The van der Waals surface area contributed by atoms with Crippen molar-refractivity contribution in [3.8, 4) is 0 Å². The van der Waals surface area contributed by atoms with Crippen LogP contribution in [0.4, 0.5) is 0 Å². The molecule has 1 aromatic heterocycles. The molecule has 5 heteroatoms. The van der Waals surface area contributed by atoms with Gasteiger partial charge >= 0.3 is 0 Å². The molecule has 2 aromatic rings. The first-order chi connectivity index (χ1) is 10.9. The number of nitrogens with one attached hydrogen (secondary N) is 1. The predicted molar refractivity (Wildman–Crippen MR) is 92.2 cm³/mol. The highest BCUT2D eigenvalue weighted by Crippen LogP contribution is 2.24. The summed E-state index contributed by atoms with van der Waals surface area (Å²) < 4.78 is 0. The summed E-state index contributed by atoms with van der Waals surface area (Å²) in [5, 5.41) is 1.07. The van der Waals surface area contributed by atoms with Crippen molar-refractivity contribution in [1.82, 2.24) is 9.88 Å². The van der Waals surface area contributed by atoms with Gasteiger partial charge in [-0.1, -0.05) is 25.0 Å². The second-order valence-electron chi connectivity index (χ2n) is 6.09. The van der Waals surface area contributed by atoms with Gasteiger partial charge in [-0.2, -0.15) is 0 Å². The van der Waals surface area contributed by atoms with E-state index in [1.165, 1.54) is 0 Å². The van der Waals surface area contributed by atoms with Crippen molar-refractivity contribution in [2.24, 2.45) is 5.73 Å². The number of amides is 2. The zero-order valence-corrected chi connectivity index (χ0v) is 14.1. The number of carbonyl (C=O) groups excluding carboxylic acids is 2. The van der Waals surface area contributed by atoms with Gasteiger partial charge in [0.15, 0.2) is 0 Å². The van der Waals surface area contributed by atoms with Crippen LogP contribution in [0.5, 0.6) is 0 Å². The minimum atomic E-state index is -0.471. The van der Waals surface area contributed by atoms with Gasteiger partial charge in [0, 0.05) is 23.1 Å². The fourth-order valence-electron chi connectivity index (χ4n) is 2.82. The van der Waals surface area contributed by atoms with Crippen LogP contribution in [0, 0.1) is 13.8 Å². The number of aromatic amines is 1. The Balaban J connectivity index is 2.25. The molecule has 0 radical (unpaired) electrons. The highest BCUT2D eigenvalue weighted by Gasteiger charge is 2.19. The van der Waals surface area contributed by atoms with Crippen LogP contribution < -0.4 is 5.73 Å². The summed E-state index contributed by atoms with van der Waals surface area (Å²) in [6.07, 6.45) is 2.12. The first-order valence-corrected chi connectivity index (χ1v) is 8.06. The van der Waals surface area contributed by atoms with E-state index in [4.69, 9.17) is 5.73 Å². The van der Waals surface area contributed by atoms with E-state index in [1.807, 2.05) is 26.0 Å². The molecule has 0 saturated heterocycles. The summed E-state index contributed by atoms with van der Waals surface area (Å²) in [5.41, 5.74) is 9.46. The van der Waals surface area contributed by atoms with Gasteiger partial charge < -0.3 is 15.6 Å². The summed E-state index contributed by atoms with van der Waals surface area (Å²) in [4.78, 5) is 28.8. The summed E-state index contributed by atoms with van der Waals surface area (Å²) >= 11 is 0. The zero-order valence-electron chi connectivity index (χ0n) is 14.1. The molecule has 2 rings (SSSR count). The van der Waals surface area contributed by atoms with Crippen molar-refractivity contribution < 1.29 is 9.59 Å². The van der Waals surface area contributed by atoms with Gasteiger partial charge in [0.25, 0.3) is 0 Å². The third-order valence-corrected chi connectivity index (χ3v) is 4.08. The molecule has 0 bridgehead atoms. The quantitative estimate of drug-likeness (QED) is 0.823. The lowest BCUT2D eigenvalue weighted by Gasteiger charge is -2.21. The minimum absolute atomic E-state index is 0.0146. The first-order valence-electron chi connectivity index (χ1n) is 8.06. The number of unbranched alkanes of at least 4 members (excludes halogenated alkanes) is 1. The number of nitrogens with two attached hydrogens (primary N) is 1. The maximum atomic E-state index is 12.6. The molecule has 3 N–H and O–H groups in total. The summed E-state index contributed by atoms with van der Waals surface area (Å²) in [6.45, 7) is 6.62. The van der Waals surface area contributed by atoms with Crippen molar-refractivity contribution in [1.29, 1.82) is 0 Å². The van der Waals surface area contributed by atoms with Crippen LogP contribution in [-0.4, -0.2) is 34.8 Å². The molecule has 124 valence electrons. The Kier molecular flexibility index (Phi) is 5.42. The van der Waals surface area contributed by atoms with E-state index in [1.54, 1.807) is 4.90 Å². The summed E-state index contributed by atoms with van der Waals surface area (Å²) in [5.74, 6) is -0.524. The van der Waals surface area contributed by atoms with Crippen LogP contribution in [0.3, 0.4) is 0 Å². The monoisotopic (exact) mass is 315 g/mol. The second kappa shape index (κ2) is 7.31. The number of rotatable bonds is 7. The SMILES string of the molecule is CCCCN(CC(N)=O)C(=O)Cc1c(C)[nH]c2ccc(C)cc12. The lowest BCUT2D eigenvalue weighted by atomic mass is 10.0. The Labute approximate surface area is 136 Å². The number of aryl methyl sites for hydroxylation is 2. The van der Waals surface area contributed by atoms with Crippen LogP contribution in [0.25, 0.3) is 10.9 Å². The molecule has 0 aliphatic heterocycles. The number of H-pyrrole nitrogens is 1. The molecule has 0 aliphatic rings.